The fourth-order valence-corrected chi connectivity index (χ4v) is 4.75. The fourth-order valence-electron chi connectivity index (χ4n) is 2.87. The molecule has 0 saturated carbocycles. The Morgan fingerprint density at radius 1 is 1.32 bits per heavy atom. The molecule has 0 aromatic heterocycles. The molecule has 0 amide bonds. The largest absolute Gasteiger partial charge is 0.314 e. The highest BCUT2D eigenvalue weighted by Gasteiger charge is 2.32. The van der Waals surface area contributed by atoms with Gasteiger partial charge in [-0.3, -0.25) is 0 Å². The van der Waals surface area contributed by atoms with E-state index in [0.717, 1.165) is 25.8 Å². The molecule has 1 aromatic carbocycles. The molecule has 1 aliphatic rings. The van der Waals surface area contributed by atoms with Crippen LogP contribution in [0.2, 0.25) is 0 Å². The second-order valence-corrected chi connectivity index (χ2v) is 7.58. The van der Waals surface area contributed by atoms with Crippen LogP contribution in [-0.4, -0.2) is 32.5 Å². The molecule has 1 aliphatic heterocycles. The number of rotatable bonds is 6. The summed E-state index contributed by atoms with van der Waals surface area (Å²) in [5, 5.41) is 3.47. The van der Waals surface area contributed by atoms with Gasteiger partial charge in [-0.1, -0.05) is 37.3 Å². The van der Waals surface area contributed by atoms with E-state index in [0.29, 0.717) is 17.5 Å². The molecule has 2 atom stereocenters. The first-order valence-electron chi connectivity index (χ1n) is 7.08. The van der Waals surface area contributed by atoms with Crippen molar-refractivity contribution in [2.24, 2.45) is 5.92 Å². The predicted molar refractivity (Wildman–Crippen MR) is 79.0 cm³/mol. The van der Waals surface area contributed by atoms with Crippen LogP contribution in [0.1, 0.15) is 25.3 Å². The minimum atomic E-state index is -2.78. The molecule has 1 saturated heterocycles. The van der Waals surface area contributed by atoms with E-state index in [1.807, 2.05) is 6.07 Å². The van der Waals surface area contributed by atoms with Crippen molar-refractivity contribution >= 4 is 9.84 Å². The summed E-state index contributed by atoms with van der Waals surface area (Å²) in [7, 11) is -2.78. The third-order valence-corrected chi connectivity index (χ3v) is 5.68. The highest BCUT2D eigenvalue weighted by Crippen LogP contribution is 2.24. The van der Waals surface area contributed by atoms with Crippen LogP contribution in [0.15, 0.2) is 30.3 Å². The van der Waals surface area contributed by atoms with E-state index in [9.17, 15) is 8.42 Å². The number of hydrogen-bond donors (Lipinski definition) is 1. The Labute approximate surface area is 116 Å². The van der Waals surface area contributed by atoms with E-state index in [2.05, 4.69) is 36.5 Å². The summed E-state index contributed by atoms with van der Waals surface area (Å²) in [6, 6.07) is 10.7. The summed E-state index contributed by atoms with van der Waals surface area (Å²) in [4.78, 5) is 0. The average molecular weight is 281 g/mol. The molecule has 3 nitrogen and oxygen atoms in total. The van der Waals surface area contributed by atoms with Gasteiger partial charge in [-0.15, -0.1) is 0 Å². The lowest BCUT2D eigenvalue weighted by Crippen LogP contribution is -2.37. The summed E-state index contributed by atoms with van der Waals surface area (Å²) in [6.07, 6.45) is 2.84. The lowest BCUT2D eigenvalue weighted by molar-refractivity contribution is 0.368. The van der Waals surface area contributed by atoms with E-state index in [4.69, 9.17) is 0 Å². The van der Waals surface area contributed by atoms with Gasteiger partial charge >= 0.3 is 0 Å². The van der Waals surface area contributed by atoms with Crippen LogP contribution in [0.3, 0.4) is 0 Å². The molecule has 2 unspecified atom stereocenters. The van der Waals surface area contributed by atoms with Crippen molar-refractivity contribution < 1.29 is 8.42 Å². The summed E-state index contributed by atoms with van der Waals surface area (Å²) in [5.41, 5.74) is 1.33. The molecule has 19 heavy (non-hydrogen) atoms. The van der Waals surface area contributed by atoms with E-state index in [1.54, 1.807) is 0 Å². The normalized spacial score (nSPS) is 23.3. The molecule has 4 heteroatoms. The minimum absolute atomic E-state index is 0.286. The van der Waals surface area contributed by atoms with Crippen LogP contribution in [0.4, 0.5) is 0 Å². The first kappa shape index (κ1) is 14.5. The van der Waals surface area contributed by atoms with E-state index in [1.165, 1.54) is 5.56 Å². The Morgan fingerprint density at radius 3 is 2.63 bits per heavy atom. The molecule has 2 rings (SSSR count). The van der Waals surface area contributed by atoms with Crippen molar-refractivity contribution in [3.05, 3.63) is 35.9 Å². The van der Waals surface area contributed by atoms with Gasteiger partial charge in [0.2, 0.25) is 0 Å². The lowest BCUT2D eigenvalue weighted by atomic mass is 9.93. The fraction of sp³-hybridized carbons (Fsp3) is 0.600. The van der Waals surface area contributed by atoms with Gasteiger partial charge in [-0.2, -0.15) is 0 Å². The zero-order valence-electron chi connectivity index (χ0n) is 11.5. The average Bonchev–Trinajstić information content (AvgIpc) is 2.76. The molecule has 1 heterocycles. The number of benzene rings is 1. The minimum Gasteiger partial charge on any atom is -0.314 e. The summed E-state index contributed by atoms with van der Waals surface area (Å²) < 4.78 is 23.2. The van der Waals surface area contributed by atoms with Crippen molar-refractivity contribution in [2.45, 2.75) is 32.2 Å². The van der Waals surface area contributed by atoms with Crippen LogP contribution in [-0.2, 0) is 16.3 Å². The third kappa shape index (κ3) is 4.32. The molecule has 106 valence electrons. The third-order valence-electron chi connectivity index (χ3n) is 3.89. The van der Waals surface area contributed by atoms with Crippen molar-refractivity contribution in [1.29, 1.82) is 0 Å². The summed E-state index contributed by atoms with van der Waals surface area (Å²) in [5.74, 6) is 1.01. The SMILES string of the molecule is CCNC(CCc1ccccc1)C1CCS(=O)(=O)C1. The second kappa shape index (κ2) is 6.53. The van der Waals surface area contributed by atoms with E-state index < -0.39 is 9.84 Å². The van der Waals surface area contributed by atoms with Gasteiger partial charge in [0.05, 0.1) is 11.5 Å². The lowest BCUT2D eigenvalue weighted by Gasteiger charge is -2.23. The molecule has 1 fully saturated rings. The van der Waals surface area contributed by atoms with Gasteiger partial charge in [-0.05, 0) is 37.3 Å². The van der Waals surface area contributed by atoms with Crippen LogP contribution in [0.25, 0.3) is 0 Å². The molecule has 0 radical (unpaired) electrons. The predicted octanol–water partition coefficient (Wildman–Crippen LogP) is 2.03. The maximum absolute atomic E-state index is 11.6. The van der Waals surface area contributed by atoms with Gasteiger partial charge in [0, 0.05) is 6.04 Å². The summed E-state index contributed by atoms with van der Waals surface area (Å²) in [6.45, 7) is 2.98. The zero-order valence-corrected chi connectivity index (χ0v) is 12.3. The molecule has 0 bridgehead atoms. The number of aryl methyl sites for hydroxylation is 1. The molecule has 0 spiro atoms. The van der Waals surface area contributed by atoms with Gasteiger partial charge in [0.25, 0.3) is 0 Å². The molecule has 1 aromatic rings. The summed E-state index contributed by atoms with van der Waals surface area (Å²) >= 11 is 0. The molecular weight excluding hydrogens is 258 g/mol. The molecular formula is C15H23NO2S. The Kier molecular flexibility index (Phi) is 4.99. The van der Waals surface area contributed by atoms with Crippen LogP contribution < -0.4 is 5.32 Å². The van der Waals surface area contributed by atoms with Crippen LogP contribution in [0, 0.1) is 5.92 Å². The standard InChI is InChI=1S/C15H23NO2S/c1-2-16-15(14-10-11-19(17,18)12-14)9-8-13-6-4-3-5-7-13/h3-7,14-16H,2,8-12H2,1H3. The number of sulfone groups is 1. The van der Waals surface area contributed by atoms with Crippen molar-refractivity contribution in [2.75, 3.05) is 18.1 Å². The Hall–Kier alpha value is -0.870. The number of nitrogens with one attached hydrogen (secondary N) is 1. The van der Waals surface area contributed by atoms with Crippen LogP contribution >= 0.6 is 0 Å². The monoisotopic (exact) mass is 281 g/mol. The first-order valence-corrected chi connectivity index (χ1v) is 8.90. The van der Waals surface area contributed by atoms with Gasteiger partial charge in [0.1, 0.15) is 0 Å². The quantitative estimate of drug-likeness (QED) is 0.868. The maximum atomic E-state index is 11.6. The van der Waals surface area contributed by atoms with Crippen LogP contribution in [0.5, 0.6) is 0 Å². The highest BCUT2D eigenvalue weighted by atomic mass is 32.2. The van der Waals surface area contributed by atoms with Crippen molar-refractivity contribution in [1.82, 2.24) is 5.32 Å². The first-order chi connectivity index (χ1) is 9.11. The van der Waals surface area contributed by atoms with Crippen molar-refractivity contribution in [3.63, 3.8) is 0 Å². The zero-order chi connectivity index (χ0) is 13.7. The Bertz CT molecular complexity index is 484. The Balaban J connectivity index is 1.93. The van der Waals surface area contributed by atoms with Crippen molar-refractivity contribution in [3.8, 4) is 0 Å². The topological polar surface area (TPSA) is 46.2 Å². The molecule has 0 aliphatic carbocycles. The van der Waals surface area contributed by atoms with E-state index >= 15 is 0 Å². The number of hydrogen-bond acceptors (Lipinski definition) is 3. The van der Waals surface area contributed by atoms with Gasteiger partial charge in [0.15, 0.2) is 9.84 Å². The van der Waals surface area contributed by atoms with E-state index in [-0.39, 0.29) is 5.92 Å². The second-order valence-electron chi connectivity index (χ2n) is 5.35. The Morgan fingerprint density at radius 2 is 2.05 bits per heavy atom. The smallest absolute Gasteiger partial charge is 0.150 e. The molecule has 1 N–H and O–H groups in total. The maximum Gasteiger partial charge on any atom is 0.150 e. The highest BCUT2D eigenvalue weighted by molar-refractivity contribution is 7.91. The van der Waals surface area contributed by atoms with Gasteiger partial charge < -0.3 is 5.32 Å². The van der Waals surface area contributed by atoms with Gasteiger partial charge in [-0.25, -0.2) is 8.42 Å².